The van der Waals surface area contributed by atoms with Crippen LogP contribution in [-0.4, -0.2) is 176 Å². The van der Waals surface area contributed by atoms with E-state index in [1.54, 1.807) is 4.90 Å². The third kappa shape index (κ3) is 15.0. The summed E-state index contributed by atoms with van der Waals surface area (Å²) in [6.07, 6.45) is 0.930. The van der Waals surface area contributed by atoms with Crippen molar-refractivity contribution in [2.24, 2.45) is 0 Å². The van der Waals surface area contributed by atoms with Crippen molar-refractivity contribution in [2.45, 2.75) is 45.1 Å². The summed E-state index contributed by atoms with van der Waals surface area (Å²) in [5.74, 6) is 0. The minimum absolute atomic E-state index is 0.0473. The quantitative estimate of drug-likeness (QED) is 0.499. The van der Waals surface area contributed by atoms with E-state index in [4.69, 9.17) is 23.7 Å². The molecule has 1 amide bonds. The number of carbonyl (C=O) groups excluding carboxylic acids is 1. The molecule has 11 nitrogen and oxygen atoms in total. The number of amides is 1. The fourth-order valence-electron chi connectivity index (χ4n) is 5.46. The molecule has 0 bridgehead atoms. The molecule has 3 unspecified atom stereocenters. The first-order chi connectivity index (χ1) is 21.2. The molecule has 0 saturated carbocycles. The zero-order valence-electron chi connectivity index (χ0n) is 28.2. The highest BCUT2D eigenvalue weighted by Gasteiger charge is 2.22. The smallest absolute Gasteiger partial charge is 0.410 e. The number of hydrogen-bond donors (Lipinski definition) is 0. The van der Waals surface area contributed by atoms with Crippen LogP contribution < -0.4 is 0 Å². The van der Waals surface area contributed by atoms with Crippen molar-refractivity contribution in [2.75, 3.05) is 127 Å². The molecule has 0 radical (unpaired) electrons. The molecular formula is C33H59N5O6. The third-order valence-corrected chi connectivity index (χ3v) is 8.17. The molecule has 0 N–H and O–H groups in total. The topological polar surface area (TPSA) is 79.4 Å². The molecule has 3 rings (SSSR count). The summed E-state index contributed by atoms with van der Waals surface area (Å²) in [7, 11) is 8.50. The Morgan fingerprint density at radius 2 is 1.11 bits per heavy atom. The molecule has 3 atom stereocenters. The average Bonchev–Trinajstić information content (AvgIpc) is 3.37. The lowest BCUT2D eigenvalue weighted by Crippen LogP contribution is -2.38. The number of nitrogens with zero attached hydrogens (tertiary/aromatic N) is 5. The van der Waals surface area contributed by atoms with E-state index in [1.807, 2.05) is 0 Å². The minimum atomic E-state index is -0.232. The summed E-state index contributed by atoms with van der Waals surface area (Å²) in [5.41, 5.74) is 2.33. The van der Waals surface area contributed by atoms with E-state index in [0.29, 0.717) is 39.5 Å². The molecule has 44 heavy (non-hydrogen) atoms. The summed E-state index contributed by atoms with van der Waals surface area (Å²) >= 11 is 0. The van der Waals surface area contributed by atoms with E-state index in [-0.39, 0.29) is 24.4 Å². The van der Waals surface area contributed by atoms with Crippen LogP contribution in [0, 0.1) is 0 Å². The van der Waals surface area contributed by atoms with E-state index in [2.05, 4.69) is 85.9 Å². The fraction of sp³-hybridized carbons (Fsp3) is 0.788. The van der Waals surface area contributed by atoms with Gasteiger partial charge in [-0.15, -0.1) is 0 Å². The predicted molar refractivity (Wildman–Crippen MR) is 173 cm³/mol. The molecule has 252 valence electrons. The summed E-state index contributed by atoms with van der Waals surface area (Å²) < 4.78 is 29.7. The zero-order chi connectivity index (χ0) is 31.7. The van der Waals surface area contributed by atoms with Gasteiger partial charge in [-0.1, -0.05) is 24.3 Å². The summed E-state index contributed by atoms with van der Waals surface area (Å²) in [4.78, 5) is 22.7. The number of benzene rings is 1. The van der Waals surface area contributed by atoms with Gasteiger partial charge in [-0.2, -0.15) is 0 Å². The Hall–Kier alpha value is -1.83. The summed E-state index contributed by atoms with van der Waals surface area (Å²) in [5, 5.41) is 0. The van der Waals surface area contributed by atoms with Crippen LogP contribution in [0.2, 0.25) is 0 Å². The molecule has 2 saturated heterocycles. The van der Waals surface area contributed by atoms with Crippen LogP contribution in [0.3, 0.4) is 0 Å². The predicted octanol–water partition coefficient (Wildman–Crippen LogP) is 2.13. The first-order valence-corrected chi connectivity index (χ1v) is 16.3. The lowest BCUT2D eigenvalue weighted by molar-refractivity contribution is -0.00562. The molecule has 1 aromatic carbocycles. The van der Waals surface area contributed by atoms with Crippen LogP contribution in [0.5, 0.6) is 0 Å². The Morgan fingerprint density at radius 1 is 0.614 bits per heavy atom. The van der Waals surface area contributed by atoms with E-state index in [1.165, 1.54) is 5.56 Å². The maximum absolute atomic E-state index is 11.8. The lowest BCUT2D eigenvalue weighted by atomic mass is 10.0. The molecule has 0 spiro atoms. The van der Waals surface area contributed by atoms with E-state index >= 15 is 0 Å². The van der Waals surface area contributed by atoms with E-state index < -0.39 is 0 Å². The second-order valence-electron chi connectivity index (χ2n) is 12.6. The van der Waals surface area contributed by atoms with Gasteiger partial charge in [0.2, 0.25) is 0 Å². The van der Waals surface area contributed by atoms with Crippen LogP contribution in [-0.2, 0) is 36.6 Å². The van der Waals surface area contributed by atoms with E-state index in [0.717, 1.165) is 77.6 Å². The highest BCUT2D eigenvalue weighted by atomic mass is 16.6. The Kier molecular flexibility index (Phi) is 16.9. The molecule has 0 aromatic heterocycles. The van der Waals surface area contributed by atoms with Gasteiger partial charge in [-0.3, -0.25) is 0 Å². The van der Waals surface area contributed by atoms with Crippen LogP contribution in [0.4, 0.5) is 4.79 Å². The molecule has 0 aliphatic carbocycles. The second kappa shape index (κ2) is 20.3. The highest BCUT2D eigenvalue weighted by Crippen LogP contribution is 2.14. The Labute approximate surface area is 266 Å². The lowest BCUT2D eigenvalue weighted by Gasteiger charge is -2.27. The molecular weight excluding hydrogens is 562 g/mol. The number of carbonyl (C=O) groups is 1. The molecule has 11 heteroatoms. The number of hydrogen-bond acceptors (Lipinski definition) is 10. The van der Waals surface area contributed by atoms with Crippen molar-refractivity contribution in [1.29, 1.82) is 0 Å². The third-order valence-electron chi connectivity index (χ3n) is 8.17. The largest absolute Gasteiger partial charge is 0.448 e. The van der Waals surface area contributed by atoms with Crippen LogP contribution in [0.1, 0.15) is 25.0 Å². The maximum Gasteiger partial charge on any atom is 0.410 e. The zero-order valence-corrected chi connectivity index (χ0v) is 28.2. The molecule has 2 heterocycles. The standard InChI is InChI=1S/C33H59N5O6/c1-28-24-35(4)12-18-40-17-11-34(3)13-19-41-29(2)25-36(5)15-21-43-32(27-37(6)14-20-42-28)23-30-7-9-31(10-8-30)26-38-16-22-44-33(38)39/h7-10,28-29,32H,11-27H2,1-6H3. The summed E-state index contributed by atoms with van der Waals surface area (Å²) in [6, 6.07) is 8.52. The number of rotatable bonds is 4. The van der Waals surface area contributed by atoms with Gasteiger partial charge in [-0.05, 0) is 59.6 Å². The average molecular weight is 622 g/mol. The number of likely N-dealkylation sites (N-methyl/N-ethyl adjacent to an activating group) is 4. The van der Waals surface area contributed by atoms with Gasteiger partial charge in [0.1, 0.15) is 6.61 Å². The van der Waals surface area contributed by atoms with Crippen molar-refractivity contribution >= 4 is 6.09 Å². The van der Waals surface area contributed by atoms with Crippen molar-refractivity contribution < 1.29 is 28.5 Å². The molecule has 1 aromatic rings. The van der Waals surface area contributed by atoms with Crippen LogP contribution in [0.25, 0.3) is 0 Å². The SMILES string of the molecule is CC1CN(C)CCOCCN(C)CCOC(C)CN(C)CCOC(Cc2ccc(CN3CCOC3=O)cc2)CN(C)CCO1. The van der Waals surface area contributed by atoms with Crippen LogP contribution >= 0.6 is 0 Å². The number of cyclic esters (lactones) is 1. The van der Waals surface area contributed by atoms with Gasteiger partial charge < -0.3 is 48.2 Å². The first kappa shape index (κ1) is 36.6. The summed E-state index contributed by atoms with van der Waals surface area (Å²) in [6.45, 7) is 16.3. The van der Waals surface area contributed by atoms with Crippen molar-refractivity contribution in [1.82, 2.24) is 24.5 Å². The Morgan fingerprint density at radius 3 is 1.70 bits per heavy atom. The van der Waals surface area contributed by atoms with Gasteiger partial charge in [0, 0.05) is 58.9 Å². The minimum Gasteiger partial charge on any atom is -0.448 e. The molecule has 2 fully saturated rings. The van der Waals surface area contributed by atoms with Gasteiger partial charge in [0.15, 0.2) is 0 Å². The second-order valence-corrected chi connectivity index (χ2v) is 12.6. The number of ether oxygens (including phenoxy) is 5. The Bertz CT molecular complexity index is 924. The van der Waals surface area contributed by atoms with Gasteiger partial charge in [-0.25, -0.2) is 4.79 Å². The maximum atomic E-state index is 11.8. The highest BCUT2D eigenvalue weighted by molar-refractivity contribution is 5.69. The Balaban J connectivity index is 1.56. The van der Waals surface area contributed by atoms with Crippen LogP contribution in [0.15, 0.2) is 24.3 Å². The molecule has 2 aliphatic heterocycles. The first-order valence-electron chi connectivity index (χ1n) is 16.3. The normalized spacial score (nSPS) is 27.2. The van der Waals surface area contributed by atoms with E-state index in [9.17, 15) is 4.79 Å². The van der Waals surface area contributed by atoms with Crippen molar-refractivity contribution in [3.05, 3.63) is 35.4 Å². The van der Waals surface area contributed by atoms with Gasteiger partial charge in [0.05, 0.1) is 57.9 Å². The van der Waals surface area contributed by atoms with Gasteiger partial charge >= 0.3 is 6.09 Å². The van der Waals surface area contributed by atoms with Gasteiger partial charge in [0.25, 0.3) is 0 Å². The van der Waals surface area contributed by atoms with Crippen molar-refractivity contribution in [3.63, 3.8) is 0 Å². The fourth-order valence-corrected chi connectivity index (χ4v) is 5.46. The molecule has 2 aliphatic rings. The van der Waals surface area contributed by atoms with Crippen molar-refractivity contribution in [3.8, 4) is 0 Å². The monoisotopic (exact) mass is 621 g/mol.